The monoisotopic (exact) mass is 403 g/mol. The van der Waals surface area contributed by atoms with Gasteiger partial charge in [0, 0.05) is 25.1 Å². The minimum absolute atomic E-state index is 0.113. The molecule has 0 heterocycles. The molecule has 4 heteroatoms. The summed E-state index contributed by atoms with van der Waals surface area (Å²) in [5, 5.41) is 0. The second kappa shape index (κ2) is 17.1. The minimum atomic E-state index is -0.132. The quantitative estimate of drug-likeness (QED) is 0.215. The molecule has 0 aromatic heterocycles. The highest BCUT2D eigenvalue weighted by molar-refractivity contribution is 5.93. The molecule has 0 N–H and O–H groups in total. The molecule has 0 unspecified atom stereocenters. The molecule has 0 saturated heterocycles. The first-order valence-electron chi connectivity index (χ1n) is 11.7. The van der Waals surface area contributed by atoms with Crippen LogP contribution in [0.5, 0.6) is 0 Å². The van der Waals surface area contributed by atoms with Crippen LogP contribution in [0.15, 0.2) is 30.3 Å². The summed E-state index contributed by atoms with van der Waals surface area (Å²) in [7, 11) is 0. The molecule has 1 amide bonds. The predicted octanol–water partition coefficient (Wildman–Crippen LogP) is 6.67. The summed E-state index contributed by atoms with van der Waals surface area (Å²) in [5.74, 6) is -0.0193. The van der Waals surface area contributed by atoms with Crippen molar-refractivity contribution in [3.63, 3.8) is 0 Å². The van der Waals surface area contributed by atoms with Crippen LogP contribution in [0.4, 0.5) is 5.69 Å². The highest BCUT2D eigenvalue weighted by Crippen LogP contribution is 2.15. The van der Waals surface area contributed by atoms with Crippen LogP contribution in [-0.2, 0) is 14.3 Å². The summed E-state index contributed by atoms with van der Waals surface area (Å²) in [4.78, 5) is 26.0. The Bertz CT molecular complexity index is 544. The predicted molar refractivity (Wildman–Crippen MR) is 121 cm³/mol. The van der Waals surface area contributed by atoms with Gasteiger partial charge in [-0.05, 0) is 38.3 Å². The number of carbonyl (C=O) groups is 2. The zero-order valence-corrected chi connectivity index (χ0v) is 18.7. The fourth-order valence-corrected chi connectivity index (χ4v) is 3.46. The molecular formula is C25H41NO3. The lowest BCUT2D eigenvalue weighted by Gasteiger charge is -2.20. The van der Waals surface area contributed by atoms with Crippen LogP contribution in [0.3, 0.4) is 0 Å². The summed E-state index contributed by atoms with van der Waals surface area (Å²) < 4.78 is 5.31. The number of nitrogens with zero attached hydrogens (tertiary/aromatic N) is 1. The Morgan fingerprint density at radius 3 is 1.97 bits per heavy atom. The highest BCUT2D eigenvalue weighted by Gasteiger charge is 2.13. The van der Waals surface area contributed by atoms with E-state index >= 15 is 0 Å². The molecule has 0 aliphatic rings. The van der Waals surface area contributed by atoms with Crippen molar-refractivity contribution in [1.82, 2.24) is 0 Å². The fourth-order valence-electron chi connectivity index (χ4n) is 3.46. The van der Waals surface area contributed by atoms with E-state index in [4.69, 9.17) is 4.74 Å². The third-order valence-electron chi connectivity index (χ3n) is 5.22. The number of carbonyl (C=O) groups excluding carboxylic acids is 2. The van der Waals surface area contributed by atoms with Gasteiger partial charge in [0.1, 0.15) is 0 Å². The Labute approximate surface area is 178 Å². The molecule has 164 valence electrons. The van der Waals surface area contributed by atoms with Crippen molar-refractivity contribution in [1.29, 1.82) is 0 Å². The van der Waals surface area contributed by atoms with E-state index in [2.05, 4.69) is 6.92 Å². The molecule has 0 fully saturated rings. The molecule has 29 heavy (non-hydrogen) atoms. The second-order valence-electron chi connectivity index (χ2n) is 7.73. The Morgan fingerprint density at radius 2 is 1.34 bits per heavy atom. The van der Waals surface area contributed by atoms with Gasteiger partial charge in [-0.15, -0.1) is 0 Å². The maximum Gasteiger partial charge on any atom is 0.305 e. The van der Waals surface area contributed by atoms with E-state index in [0.29, 0.717) is 32.4 Å². The van der Waals surface area contributed by atoms with Crippen molar-refractivity contribution in [3.05, 3.63) is 30.3 Å². The van der Waals surface area contributed by atoms with Gasteiger partial charge in [-0.1, -0.05) is 76.5 Å². The maximum absolute atomic E-state index is 12.4. The number of anilines is 1. The molecule has 1 rings (SSSR count). The summed E-state index contributed by atoms with van der Waals surface area (Å²) in [6.45, 7) is 5.41. The second-order valence-corrected chi connectivity index (χ2v) is 7.73. The van der Waals surface area contributed by atoms with E-state index < -0.39 is 0 Å². The van der Waals surface area contributed by atoms with Gasteiger partial charge in [-0.25, -0.2) is 0 Å². The summed E-state index contributed by atoms with van der Waals surface area (Å²) in [5.41, 5.74) is 0.931. The van der Waals surface area contributed by atoms with Crippen molar-refractivity contribution in [2.45, 2.75) is 97.3 Å². The van der Waals surface area contributed by atoms with Gasteiger partial charge in [0.05, 0.1) is 6.61 Å². The molecule has 1 aromatic rings. The fraction of sp³-hybridized carbons (Fsp3) is 0.680. The number of benzene rings is 1. The lowest BCUT2D eigenvalue weighted by atomic mass is 10.1. The summed E-state index contributed by atoms with van der Waals surface area (Å²) >= 11 is 0. The van der Waals surface area contributed by atoms with Gasteiger partial charge in [0.15, 0.2) is 0 Å². The summed E-state index contributed by atoms with van der Waals surface area (Å²) in [6, 6.07) is 9.72. The van der Waals surface area contributed by atoms with Gasteiger partial charge < -0.3 is 9.64 Å². The lowest BCUT2D eigenvalue weighted by Crippen LogP contribution is -2.30. The van der Waals surface area contributed by atoms with Crippen molar-refractivity contribution in [3.8, 4) is 0 Å². The van der Waals surface area contributed by atoms with E-state index in [9.17, 15) is 9.59 Å². The largest absolute Gasteiger partial charge is 0.466 e. The molecule has 0 aliphatic heterocycles. The van der Waals surface area contributed by atoms with E-state index in [1.165, 1.54) is 44.9 Å². The van der Waals surface area contributed by atoms with Crippen molar-refractivity contribution >= 4 is 17.6 Å². The van der Waals surface area contributed by atoms with Crippen LogP contribution < -0.4 is 4.90 Å². The molecule has 4 nitrogen and oxygen atoms in total. The Kier molecular flexibility index (Phi) is 14.8. The van der Waals surface area contributed by atoms with E-state index in [0.717, 1.165) is 24.9 Å². The number of ether oxygens (including phenoxy) is 1. The molecule has 0 atom stereocenters. The topological polar surface area (TPSA) is 46.6 Å². The number of hydrogen-bond acceptors (Lipinski definition) is 3. The van der Waals surface area contributed by atoms with E-state index in [1.807, 2.05) is 37.3 Å². The molecule has 0 aliphatic carbocycles. The van der Waals surface area contributed by atoms with Crippen LogP contribution >= 0.6 is 0 Å². The van der Waals surface area contributed by atoms with Crippen LogP contribution in [0.2, 0.25) is 0 Å². The third kappa shape index (κ3) is 12.4. The van der Waals surface area contributed by atoms with Gasteiger partial charge in [-0.2, -0.15) is 0 Å². The Morgan fingerprint density at radius 1 is 0.759 bits per heavy atom. The molecule has 0 saturated carbocycles. The van der Waals surface area contributed by atoms with E-state index in [-0.39, 0.29) is 11.9 Å². The Balaban J connectivity index is 2.00. The zero-order chi connectivity index (χ0) is 21.2. The first-order valence-corrected chi connectivity index (χ1v) is 11.7. The van der Waals surface area contributed by atoms with Crippen molar-refractivity contribution in [2.75, 3.05) is 18.1 Å². The van der Waals surface area contributed by atoms with Crippen LogP contribution in [0, 0.1) is 0 Å². The SMILES string of the molecule is CCCCCCCCCCCOC(=O)CCCCC(=O)N(CC)c1ccccc1. The van der Waals surface area contributed by atoms with Crippen LogP contribution in [-0.4, -0.2) is 25.0 Å². The zero-order valence-electron chi connectivity index (χ0n) is 18.7. The standard InChI is InChI=1S/C25H41NO3/c1-3-5-6-7-8-9-10-11-17-22-29-25(28)21-16-15-20-24(27)26(4-2)23-18-13-12-14-19-23/h12-14,18-19H,3-11,15-17,20-22H2,1-2H3. The van der Waals surface area contributed by atoms with Crippen LogP contribution in [0.25, 0.3) is 0 Å². The third-order valence-corrected chi connectivity index (χ3v) is 5.22. The molecule has 0 bridgehead atoms. The number of para-hydroxylation sites is 1. The number of amides is 1. The normalized spacial score (nSPS) is 10.7. The lowest BCUT2D eigenvalue weighted by molar-refractivity contribution is -0.144. The summed E-state index contributed by atoms with van der Waals surface area (Å²) in [6.07, 6.45) is 13.6. The van der Waals surface area contributed by atoms with Gasteiger partial charge >= 0.3 is 5.97 Å². The van der Waals surface area contributed by atoms with Gasteiger partial charge in [0.2, 0.25) is 5.91 Å². The average Bonchev–Trinajstić information content (AvgIpc) is 2.74. The number of hydrogen-bond donors (Lipinski definition) is 0. The smallest absolute Gasteiger partial charge is 0.305 e. The maximum atomic E-state index is 12.4. The highest BCUT2D eigenvalue weighted by atomic mass is 16.5. The molecular weight excluding hydrogens is 362 g/mol. The molecule has 1 aromatic carbocycles. The minimum Gasteiger partial charge on any atom is -0.466 e. The first-order chi connectivity index (χ1) is 14.2. The van der Waals surface area contributed by atoms with E-state index in [1.54, 1.807) is 4.90 Å². The van der Waals surface area contributed by atoms with Crippen LogP contribution in [0.1, 0.15) is 97.3 Å². The number of unbranched alkanes of at least 4 members (excludes halogenated alkanes) is 9. The molecule has 0 radical (unpaired) electrons. The van der Waals surface area contributed by atoms with Gasteiger partial charge in [-0.3, -0.25) is 9.59 Å². The number of rotatable bonds is 17. The van der Waals surface area contributed by atoms with Crippen molar-refractivity contribution < 1.29 is 14.3 Å². The van der Waals surface area contributed by atoms with Gasteiger partial charge in [0.25, 0.3) is 0 Å². The van der Waals surface area contributed by atoms with Crippen molar-refractivity contribution in [2.24, 2.45) is 0 Å². The first kappa shape index (κ1) is 25.2. The average molecular weight is 404 g/mol. The Hall–Kier alpha value is -1.84. The number of esters is 1. The molecule has 0 spiro atoms.